The molecule has 2 N–H and O–H groups in total. The highest BCUT2D eigenvalue weighted by molar-refractivity contribution is 5.75. The van der Waals surface area contributed by atoms with Gasteiger partial charge >= 0.3 is 5.97 Å². The van der Waals surface area contributed by atoms with Crippen LogP contribution >= 0.6 is 0 Å². The molecule has 6 heteroatoms. The summed E-state index contributed by atoms with van der Waals surface area (Å²) in [7, 11) is 0. The number of carboxylic acids is 1. The van der Waals surface area contributed by atoms with E-state index in [1.165, 1.54) is 12.8 Å². The van der Waals surface area contributed by atoms with Crippen molar-refractivity contribution in [2.75, 3.05) is 32.7 Å². The van der Waals surface area contributed by atoms with E-state index >= 15 is 0 Å². The van der Waals surface area contributed by atoms with E-state index < -0.39 is 17.6 Å². The molecule has 6 nitrogen and oxygen atoms in total. The number of aliphatic carboxylic acids is 1. The number of β-amino-alcohol motifs (C(OH)–C–C–N with tert-alkyl or cyclic N) is 1. The van der Waals surface area contributed by atoms with Crippen LogP contribution in [0.1, 0.15) is 51.1 Å². The number of benzene rings is 1. The fourth-order valence-corrected chi connectivity index (χ4v) is 4.22. The Morgan fingerprint density at radius 1 is 1.11 bits per heavy atom. The van der Waals surface area contributed by atoms with Gasteiger partial charge in [-0.1, -0.05) is 12.1 Å². The first-order valence-corrected chi connectivity index (χ1v) is 10.0. The van der Waals surface area contributed by atoms with Crippen molar-refractivity contribution >= 4 is 5.97 Å². The second kappa shape index (κ2) is 8.59. The van der Waals surface area contributed by atoms with Crippen molar-refractivity contribution < 1.29 is 19.7 Å². The van der Waals surface area contributed by atoms with Crippen LogP contribution in [0, 0.1) is 0 Å². The summed E-state index contributed by atoms with van der Waals surface area (Å²) in [6, 6.07) is 6.65. The Hall–Kier alpha value is -1.63. The van der Waals surface area contributed by atoms with Crippen molar-refractivity contribution in [1.29, 1.82) is 0 Å². The minimum Gasteiger partial charge on any atom is -0.491 e. The number of piperidine rings is 1. The molecule has 1 atom stereocenters. The van der Waals surface area contributed by atoms with Gasteiger partial charge < -0.3 is 19.8 Å². The zero-order chi connectivity index (χ0) is 19.4. The quantitative estimate of drug-likeness (QED) is 0.762. The Labute approximate surface area is 161 Å². The fourth-order valence-electron chi connectivity index (χ4n) is 4.22. The van der Waals surface area contributed by atoms with Crippen molar-refractivity contribution in [1.82, 2.24) is 9.80 Å². The summed E-state index contributed by atoms with van der Waals surface area (Å²) in [5, 5.41) is 20.7. The molecule has 0 radical (unpaired) electrons. The van der Waals surface area contributed by atoms with Crippen molar-refractivity contribution in [3.8, 4) is 5.75 Å². The second-order valence-corrected chi connectivity index (χ2v) is 8.22. The minimum atomic E-state index is -0.850. The molecule has 27 heavy (non-hydrogen) atoms. The van der Waals surface area contributed by atoms with Crippen LogP contribution in [0.15, 0.2) is 24.3 Å². The van der Waals surface area contributed by atoms with Crippen molar-refractivity contribution in [3.63, 3.8) is 0 Å². The van der Waals surface area contributed by atoms with Crippen LogP contribution in [0.2, 0.25) is 0 Å². The van der Waals surface area contributed by atoms with Crippen LogP contribution < -0.4 is 4.74 Å². The van der Waals surface area contributed by atoms with Crippen LogP contribution in [0.5, 0.6) is 5.75 Å². The zero-order valence-corrected chi connectivity index (χ0v) is 16.4. The lowest BCUT2D eigenvalue weighted by atomic mass is 9.89. The van der Waals surface area contributed by atoms with Crippen LogP contribution in [0.3, 0.4) is 0 Å². The first-order valence-electron chi connectivity index (χ1n) is 10.0. The van der Waals surface area contributed by atoms with Gasteiger partial charge in [-0.2, -0.15) is 0 Å². The maximum atomic E-state index is 12.0. The van der Waals surface area contributed by atoms with E-state index in [2.05, 4.69) is 4.90 Å². The molecular weight excluding hydrogens is 344 g/mol. The number of ether oxygens (including phenoxy) is 1. The third-order valence-corrected chi connectivity index (χ3v) is 5.61. The normalized spacial score (nSPS) is 22.1. The average Bonchev–Trinajstić information content (AvgIpc) is 3.10. The number of hydrogen-bond acceptors (Lipinski definition) is 5. The smallest absolute Gasteiger partial charge is 0.325 e. The highest BCUT2D eigenvalue weighted by Gasteiger charge is 2.38. The number of carboxylic acid groups (broad SMARTS) is 1. The summed E-state index contributed by atoms with van der Waals surface area (Å²) >= 11 is 0. The summed E-state index contributed by atoms with van der Waals surface area (Å²) in [5.74, 6) is -0.103. The number of likely N-dealkylation sites (tertiary alicyclic amines) is 2. The molecule has 2 aliphatic heterocycles. The summed E-state index contributed by atoms with van der Waals surface area (Å²) < 4.78 is 5.65. The Morgan fingerprint density at radius 2 is 1.70 bits per heavy atom. The Morgan fingerprint density at radius 3 is 2.22 bits per heavy atom. The van der Waals surface area contributed by atoms with Crippen LogP contribution in [-0.2, 0) is 4.79 Å². The molecule has 2 heterocycles. The molecule has 1 unspecified atom stereocenters. The van der Waals surface area contributed by atoms with E-state index in [0.717, 1.165) is 24.4 Å². The third-order valence-electron chi connectivity index (χ3n) is 5.61. The van der Waals surface area contributed by atoms with E-state index in [1.54, 1.807) is 0 Å². The zero-order valence-electron chi connectivity index (χ0n) is 16.4. The summed E-state index contributed by atoms with van der Waals surface area (Å²) in [4.78, 5) is 16.3. The van der Waals surface area contributed by atoms with Crippen molar-refractivity contribution in [2.45, 2.75) is 57.3 Å². The van der Waals surface area contributed by atoms with Crippen LogP contribution in [0.25, 0.3) is 0 Å². The second-order valence-electron chi connectivity index (χ2n) is 8.22. The van der Waals surface area contributed by atoms with Gasteiger partial charge in [-0.25, -0.2) is 0 Å². The van der Waals surface area contributed by atoms with E-state index in [-0.39, 0.29) is 6.10 Å². The number of rotatable bonds is 7. The number of aliphatic hydroxyl groups is 1. The van der Waals surface area contributed by atoms with Gasteiger partial charge in [0.2, 0.25) is 0 Å². The number of hydrogen-bond donors (Lipinski definition) is 2. The van der Waals surface area contributed by atoms with E-state index in [4.69, 9.17) is 4.74 Å². The molecule has 1 aromatic carbocycles. The third kappa shape index (κ3) is 5.21. The van der Waals surface area contributed by atoms with Crippen LogP contribution in [-0.4, -0.2) is 70.4 Å². The standard InChI is InChI=1S/C21H32N2O4/c1-16(2)27-18-7-5-17(6-8-18)19(20(24)25)23-13-9-21(26,10-14-23)15-22-11-3-4-12-22/h5-8,16,19,26H,3-4,9-15H2,1-2H3,(H,24,25). The first kappa shape index (κ1) is 20.1. The summed E-state index contributed by atoms with van der Waals surface area (Å²) in [5.41, 5.74) is 0.0577. The largest absolute Gasteiger partial charge is 0.491 e. The molecule has 0 aromatic heterocycles. The van der Waals surface area contributed by atoms with Gasteiger partial charge in [0.15, 0.2) is 0 Å². The van der Waals surface area contributed by atoms with Crippen molar-refractivity contribution in [2.24, 2.45) is 0 Å². The van der Waals surface area contributed by atoms with Crippen molar-refractivity contribution in [3.05, 3.63) is 29.8 Å². The Balaban J connectivity index is 1.63. The molecule has 0 bridgehead atoms. The van der Waals surface area contributed by atoms with E-state index in [9.17, 15) is 15.0 Å². The molecular formula is C21H32N2O4. The molecule has 2 fully saturated rings. The summed E-state index contributed by atoms with van der Waals surface area (Å²) in [6.45, 7) is 7.94. The molecule has 0 spiro atoms. The van der Waals surface area contributed by atoms with Gasteiger partial charge in [0, 0.05) is 19.6 Å². The highest BCUT2D eigenvalue weighted by atomic mass is 16.5. The van der Waals surface area contributed by atoms with E-state index in [1.807, 2.05) is 43.0 Å². The van der Waals surface area contributed by atoms with Gasteiger partial charge in [-0.15, -0.1) is 0 Å². The summed E-state index contributed by atoms with van der Waals surface area (Å²) in [6.07, 6.45) is 3.73. The predicted molar refractivity (Wildman–Crippen MR) is 104 cm³/mol. The molecule has 2 aliphatic rings. The topological polar surface area (TPSA) is 73.2 Å². The predicted octanol–water partition coefficient (Wildman–Crippen LogP) is 2.52. The lowest BCUT2D eigenvalue weighted by Crippen LogP contribution is -2.52. The lowest BCUT2D eigenvalue weighted by Gasteiger charge is -2.42. The van der Waals surface area contributed by atoms with Crippen LogP contribution in [0.4, 0.5) is 0 Å². The SMILES string of the molecule is CC(C)Oc1ccc(C(C(=O)O)N2CCC(O)(CN3CCCC3)CC2)cc1. The van der Waals surface area contributed by atoms with Gasteiger partial charge in [-0.05, 0) is 70.3 Å². The molecule has 1 aromatic rings. The van der Waals surface area contributed by atoms with Gasteiger partial charge in [0.25, 0.3) is 0 Å². The maximum absolute atomic E-state index is 12.0. The Bertz CT molecular complexity index is 618. The number of carbonyl (C=O) groups is 1. The van der Waals surface area contributed by atoms with E-state index in [0.29, 0.717) is 32.5 Å². The molecule has 150 valence electrons. The number of nitrogens with zero attached hydrogens (tertiary/aromatic N) is 2. The molecule has 3 rings (SSSR count). The average molecular weight is 376 g/mol. The molecule has 0 aliphatic carbocycles. The Kier molecular flexibility index (Phi) is 6.40. The lowest BCUT2D eigenvalue weighted by molar-refractivity contribution is -0.146. The maximum Gasteiger partial charge on any atom is 0.325 e. The van der Waals surface area contributed by atoms with Gasteiger partial charge in [0.05, 0.1) is 11.7 Å². The monoisotopic (exact) mass is 376 g/mol. The van der Waals surface area contributed by atoms with Gasteiger partial charge in [0.1, 0.15) is 11.8 Å². The highest BCUT2D eigenvalue weighted by Crippen LogP contribution is 2.31. The molecule has 0 amide bonds. The minimum absolute atomic E-state index is 0.0847. The fraction of sp³-hybridized carbons (Fsp3) is 0.667. The first-order chi connectivity index (χ1) is 12.9. The van der Waals surface area contributed by atoms with Gasteiger partial charge in [-0.3, -0.25) is 9.69 Å². The molecule has 0 saturated carbocycles. The molecule has 2 saturated heterocycles.